The lowest BCUT2D eigenvalue weighted by Crippen LogP contribution is -2.23. The summed E-state index contributed by atoms with van der Waals surface area (Å²) in [5.41, 5.74) is -1.47. The van der Waals surface area contributed by atoms with Gasteiger partial charge in [-0.25, -0.2) is 4.68 Å². The predicted molar refractivity (Wildman–Crippen MR) is 56.3 cm³/mol. The zero-order valence-corrected chi connectivity index (χ0v) is 8.92. The van der Waals surface area contributed by atoms with E-state index in [-0.39, 0.29) is 0 Å². The molecule has 1 rings (SSSR count). The summed E-state index contributed by atoms with van der Waals surface area (Å²) in [6.07, 6.45) is 3.57. The van der Waals surface area contributed by atoms with Crippen molar-refractivity contribution in [2.75, 3.05) is 0 Å². The lowest BCUT2D eigenvalue weighted by Gasteiger charge is -2.03. The van der Waals surface area contributed by atoms with Crippen LogP contribution in [0.4, 0.5) is 5.69 Å². The summed E-state index contributed by atoms with van der Waals surface area (Å²) in [6.45, 7) is 2.38. The minimum atomic E-state index is -0.850. The molecule has 0 radical (unpaired) electrons. The Hall–Kier alpha value is -1.92. The molecular formula is C9H13N3O4. The average Bonchev–Trinajstić information content (AvgIpc) is 2.24. The molecule has 0 bridgehead atoms. The largest absolute Gasteiger partial charge is 0.498 e. The molecule has 0 unspecified atom stereocenters. The number of nitro groups is 1. The molecule has 16 heavy (non-hydrogen) atoms. The number of unbranched alkanes of at least 4 members (excludes halogenated alkanes) is 2. The van der Waals surface area contributed by atoms with Crippen molar-refractivity contribution < 1.29 is 10.0 Å². The van der Waals surface area contributed by atoms with E-state index in [1.807, 2.05) is 6.92 Å². The fourth-order valence-electron chi connectivity index (χ4n) is 1.27. The molecule has 0 saturated carbocycles. The number of rotatable bonds is 5. The van der Waals surface area contributed by atoms with Crippen LogP contribution in [-0.4, -0.2) is 19.8 Å². The van der Waals surface area contributed by atoms with Crippen LogP contribution in [0.5, 0.6) is 5.75 Å². The fraction of sp³-hybridized carbons (Fsp3) is 0.556. The quantitative estimate of drug-likeness (QED) is 0.460. The van der Waals surface area contributed by atoms with Gasteiger partial charge in [-0.2, -0.15) is 5.10 Å². The van der Waals surface area contributed by atoms with E-state index < -0.39 is 21.9 Å². The molecule has 0 spiro atoms. The Morgan fingerprint density at radius 3 is 2.81 bits per heavy atom. The van der Waals surface area contributed by atoms with Gasteiger partial charge in [0.25, 0.3) is 5.75 Å². The normalized spacial score (nSPS) is 10.3. The van der Waals surface area contributed by atoms with Gasteiger partial charge in [-0.3, -0.25) is 14.9 Å². The van der Waals surface area contributed by atoms with E-state index in [2.05, 4.69) is 5.10 Å². The van der Waals surface area contributed by atoms with Crippen molar-refractivity contribution >= 4 is 5.69 Å². The molecule has 0 aliphatic carbocycles. The number of nitrogens with zero attached hydrogens (tertiary/aromatic N) is 3. The molecule has 0 amide bonds. The molecular weight excluding hydrogens is 214 g/mol. The Kier molecular flexibility index (Phi) is 3.98. The summed E-state index contributed by atoms with van der Waals surface area (Å²) in [5.74, 6) is -0.850. The highest BCUT2D eigenvalue weighted by Crippen LogP contribution is 2.18. The van der Waals surface area contributed by atoms with Gasteiger partial charge in [-0.05, 0) is 6.42 Å². The molecule has 0 aliphatic heterocycles. The van der Waals surface area contributed by atoms with Crippen molar-refractivity contribution in [3.63, 3.8) is 0 Å². The summed E-state index contributed by atoms with van der Waals surface area (Å²) in [4.78, 5) is 21.0. The standard InChI is InChI=1S/C9H13N3O4/c1-2-3-4-5-11-9(14)8(13)7(6-10-11)12(15)16/h6,13H,2-5H2,1H3. The Labute approximate surface area is 91.5 Å². The number of hydrogen-bond donors (Lipinski definition) is 1. The Balaban J connectivity index is 2.94. The second kappa shape index (κ2) is 5.24. The monoisotopic (exact) mass is 227 g/mol. The van der Waals surface area contributed by atoms with E-state index in [0.29, 0.717) is 6.54 Å². The molecule has 0 atom stereocenters. The van der Waals surface area contributed by atoms with Crippen molar-refractivity contribution in [2.45, 2.75) is 32.7 Å². The molecule has 1 aromatic rings. The van der Waals surface area contributed by atoms with Gasteiger partial charge >= 0.3 is 11.2 Å². The molecule has 1 aromatic heterocycles. The van der Waals surface area contributed by atoms with Gasteiger partial charge in [-0.15, -0.1) is 0 Å². The number of hydrogen-bond acceptors (Lipinski definition) is 5. The Bertz CT molecular complexity index is 441. The third-order valence-corrected chi connectivity index (χ3v) is 2.17. The van der Waals surface area contributed by atoms with E-state index in [0.717, 1.165) is 30.1 Å². The topological polar surface area (TPSA) is 98.3 Å². The summed E-state index contributed by atoms with van der Waals surface area (Å²) in [7, 11) is 0. The number of aromatic nitrogens is 2. The lowest BCUT2D eigenvalue weighted by atomic mass is 10.2. The van der Waals surface area contributed by atoms with Crippen LogP contribution in [0.25, 0.3) is 0 Å². The van der Waals surface area contributed by atoms with Gasteiger partial charge in [0.05, 0.1) is 4.92 Å². The Morgan fingerprint density at radius 1 is 1.56 bits per heavy atom. The van der Waals surface area contributed by atoms with Crippen LogP contribution in [0.3, 0.4) is 0 Å². The van der Waals surface area contributed by atoms with Crippen molar-refractivity contribution in [1.82, 2.24) is 9.78 Å². The smallest absolute Gasteiger partial charge is 0.336 e. The second-order valence-electron chi connectivity index (χ2n) is 3.37. The zero-order valence-electron chi connectivity index (χ0n) is 8.92. The number of aromatic hydroxyl groups is 1. The molecule has 1 N–H and O–H groups in total. The first-order valence-electron chi connectivity index (χ1n) is 5.01. The molecule has 0 saturated heterocycles. The summed E-state index contributed by atoms with van der Waals surface area (Å²) >= 11 is 0. The van der Waals surface area contributed by atoms with Crippen molar-refractivity contribution in [3.05, 3.63) is 26.7 Å². The minimum absolute atomic E-state index is 0.359. The van der Waals surface area contributed by atoms with Crippen LogP contribution in [0.15, 0.2) is 11.0 Å². The van der Waals surface area contributed by atoms with Gasteiger partial charge in [0.1, 0.15) is 6.20 Å². The SMILES string of the molecule is CCCCCn1ncc([N+](=O)[O-])c(O)c1=O. The average molecular weight is 227 g/mol. The molecule has 7 nitrogen and oxygen atoms in total. The van der Waals surface area contributed by atoms with Crippen LogP contribution in [-0.2, 0) is 6.54 Å². The van der Waals surface area contributed by atoms with Gasteiger partial charge < -0.3 is 5.11 Å². The predicted octanol–water partition coefficient (Wildman–Crippen LogP) is 1.05. The van der Waals surface area contributed by atoms with Gasteiger partial charge in [0, 0.05) is 6.54 Å². The molecule has 0 fully saturated rings. The van der Waals surface area contributed by atoms with Crippen molar-refractivity contribution in [1.29, 1.82) is 0 Å². The highest BCUT2D eigenvalue weighted by molar-refractivity contribution is 5.40. The van der Waals surface area contributed by atoms with E-state index >= 15 is 0 Å². The lowest BCUT2D eigenvalue weighted by molar-refractivity contribution is -0.386. The van der Waals surface area contributed by atoms with Crippen LogP contribution >= 0.6 is 0 Å². The summed E-state index contributed by atoms with van der Waals surface area (Å²) in [6, 6.07) is 0. The zero-order chi connectivity index (χ0) is 12.1. The first-order valence-corrected chi connectivity index (χ1v) is 5.01. The second-order valence-corrected chi connectivity index (χ2v) is 3.37. The first kappa shape index (κ1) is 12.2. The Morgan fingerprint density at radius 2 is 2.25 bits per heavy atom. The van der Waals surface area contributed by atoms with Crippen LogP contribution < -0.4 is 5.56 Å². The molecule has 0 aromatic carbocycles. The fourth-order valence-corrected chi connectivity index (χ4v) is 1.27. The van der Waals surface area contributed by atoms with Gasteiger partial charge in [0.15, 0.2) is 0 Å². The maximum Gasteiger partial charge on any atom is 0.336 e. The number of aryl methyl sites for hydroxylation is 1. The van der Waals surface area contributed by atoms with E-state index in [1.54, 1.807) is 0 Å². The molecule has 0 aliphatic rings. The van der Waals surface area contributed by atoms with E-state index in [4.69, 9.17) is 0 Å². The van der Waals surface area contributed by atoms with Crippen LogP contribution in [0.1, 0.15) is 26.2 Å². The highest BCUT2D eigenvalue weighted by Gasteiger charge is 2.18. The third-order valence-electron chi connectivity index (χ3n) is 2.17. The highest BCUT2D eigenvalue weighted by atomic mass is 16.6. The molecule has 7 heteroatoms. The van der Waals surface area contributed by atoms with Crippen molar-refractivity contribution in [3.8, 4) is 5.75 Å². The maximum atomic E-state index is 11.4. The van der Waals surface area contributed by atoms with E-state index in [9.17, 15) is 20.0 Å². The van der Waals surface area contributed by atoms with Crippen LogP contribution in [0, 0.1) is 10.1 Å². The van der Waals surface area contributed by atoms with E-state index in [1.165, 1.54) is 0 Å². The summed E-state index contributed by atoms with van der Waals surface area (Å²) < 4.78 is 1.04. The maximum absolute atomic E-state index is 11.4. The van der Waals surface area contributed by atoms with Crippen LogP contribution in [0.2, 0.25) is 0 Å². The van der Waals surface area contributed by atoms with Gasteiger partial charge in [-0.1, -0.05) is 19.8 Å². The van der Waals surface area contributed by atoms with Gasteiger partial charge in [0.2, 0.25) is 0 Å². The first-order chi connectivity index (χ1) is 7.57. The molecule has 88 valence electrons. The molecule has 1 heterocycles. The minimum Gasteiger partial charge on any atom is -0.498 e. The van der Waals surface area contributed by atoms with Crippen molar-refractivity contribution in [2.24, 2.45) is 0 Å². The third kappa shape index (κ3) is 2.56. The summed E-state index contributed by atoms with van der Waals surface area (Å²) in [5, 5.41) is 23.3.